The van der Waals surface area contributed by atoms with Crippen LogP contribution in [0.4, 0.5) is 5.69 Å². The van der Waals surface area contributed by atoms with Crippen LogP contribution in [0.25, 0.3) is 0 Å². The van der Waals surface area contributed by atoms with Crippen molar-refractivity contribution in [2.45, 2.75) is 39.3 Å². The summed E-state index contributed by atoms with van der Waals surface area (Å²) in [6, 6.07) is 8.97. The first kappa shape index (κ1) is 18.7. The van der Waals surface area contributed by atoms with Gasteiger partial charge in [-0.15, -0.1) is 11.3 Å². The van der Waals surface area contributed by atoms with Crippen molar-refractivity contribution in [3.63, 3.8) is 0 Å². The predicted octanol–water partition coefficient (Wildman–Crippen LogP) is 3.65. The van der Waals surface area contributed by atoms with Gasteiger partial charge in [-0.1, -0.05) is 12.1 Å². The molecule has 0 aliphatic carbocycles. The molecule has 6 heteroatoms. The van der Waals surface area contributed by atoms with Crippen LogP contribution < -0.4 is 10.2 Å². The van der Waals surface area contributed by atoms with Crippen LogP contribution in [-0.2, 0) is 13.1 Å². The lowest BCUT2D eigenvalue weighted by molar-refractivity contribution is 0.476. The Morgan fingerprint density at radius 3 is 2.58 bits per heavy atom. The SMILES string of the molecule is CN=C(NCc1ncc(C)s1)N(C)Cc1ccc(N2CCCCC2)cc1. The maximum atomic E-state index is 4.40. The molecule has 0 radical (unpaired) electrons. The summed E-state index contributed by atoms with van der Waals surface area (Å²) in [7, 11) is 3.90. The average molecular weight is 372 g/mol. The van der Waals surface area contributed by atoms with Crippen molar-refractivity contribution in [1.29, 1.82) is 0 Å². The van der Waals surface area contributed by atoms with Crippen LogP contribution in [0.5, 0.6) is 0 Å². The number of aliphatic imine (C=N–C) groups is 1. The van der Waals surface area contributed by atoms with Crippen molar-refractivity contribution in [2.75, 3.05) is 32.1 Å². The number of benzene rings is 1. The molecule has 0 saturated carbocycles. The number of thiazole rings is 1. The van der Waals surface area contributed by atoms with Crippen LogP contribution in [0.1, 0.15) is 34.7 Å². The van der Waals surface area contributed by atoms with E-state index in [9.17, 15) is 0 Å². The molecule has 0 spiro atoms. The third kappa shape index (κ3) is 4.97. The minimum Gasteiger partial charge on any atom is -0.372 e. The molecule has 1 N–H and O–H groups in total. The van der Waals surface area contributed by atoms with E-state index in [0.717, 1.165) is 17.5 Å². The first-order valence-corrected chi connectivity index (χ1v) is 10.1. The Balaban J connectivity index is 1.54. The zero-order chi connectivity index (χ0) is 18.4. The fraction of sp³-hybridized carbons (Fsp3) is 0.500. The third-order valence-electron chi connectivity index (χ3n) is 4.72. The molecule has 1 aliphatic rings. The molecule has 3 rings (SSSR count). The summed E-state index contributed by atoms with van der Waals surface area (Å²) < 4.78 is 0. The minimum absolute atomic E-state index is 0.712. The van der Waals surface area contributed by atoms with Crippen molar-refractivity contribution < 1.29 is 0 Å². The molecule has 140 valence electrons. The Hall–Kier alpha value is -2.08. The van der Waals surface area contributed by atoms with Gasteiger partial charge in [0, 0.05) is 50.5 Å². The largest absolute Gasteiger partial charge is 0.372 e. The summed E-state index contributed by atoms with van der Waals surface area (Å²) in [5.41, 5.74) is 2.64. The van der Waals surface area contributed by atoms with Gasteiger partial charge in [0.15, 0.2) is 5.96 Å². The van der Waals surface area contributed by atoms with E-state index in [-0.39, 0.29) is 0 Å². The van der Waals surface area contributed by atoms with E-state index in [4.69, 9.17) is 0 Å². The quantitative estimate of drug-likeness (QED) is 0.644. The molecule has 2 heterocycles. The summed E-state index contributed by atoms with van der Waals surface area (Å²) >= 11 is 1.72. The molecule has 1 saturated heterocycles. The van der Waals surface area contributed by atoms with Crippen molar-refractivity contribution in [1.82, 2.24) is 15.2 Å². The summed E-state index contributed by atoms with van der Waals surface area (Å²) in [5, 5.41) is 4.48. The number of aromatic nitrogens is 1. The molecule has 1 fully saturated rings. The molecule has 2 aromatic rings. The Bertz CT molecular complexity index is 716. The number of anilines is 1. The topological polar surface area (TPSA) is 43.8 Å². The van der Waals surface area contributed by atoms with Gasteiger partial charge >= 0.3 is 0 Å². The molecule has 5 nitrogen and oxygen atoms in total. The highest BCUT2D eigenvalue weighted by Gasteiger charge is 2.12. The Morgan fingerprint density at radius 1 is 1.23 bits per heavy atom. The summed E-state index contributed by atoms with van der Waals surface area (Å²) in [6.07, 6.45) is 5.90. The second-order valence-electron chi connectivity index (χ2n) is 6.84. The number of nitrogens with one attached hydrogen (secondary N) is 1. The Labute approximate surface area is 160 Å². The number of hydrogen-bond donors (Lipinski definition) is 1. The van der Waals surface area contributed by atoms with Crippen molar-refractivity contribution in [3.05, 3.63) is 45.9 Å². The number of hydrogen-bond acceptors (Lipinski definition) is 4. The number of guanidine groups is 1. The predicted molar refractivity (Wildman–Crippen MR) is 111 cm³/mol. The summed E-state index contributed by atoms with van der Waals surface area (Å²) in [5.74, 6) is 0.887. The lowest BCUT2D eigenvalue weighted by atomic mass is 10.1. The highest BCUT2D eigenvalue weighted by atomic mass is 32.1. The van der Waals surface area contributed by atoms with Crippen molar-refractivity contribution in [3.8, 4) is 0 Å². The average Bonchev–Trinajstić information content (AvgIpc) is 3.09. The van der Waals surface area contributed by atoms with E-state index in [1.807, 2.05) is 13.2 Å². The van der Waals surface area contributed by atoms with E-state index in [1.54, 1.807) is 11.3 Å². The van der Waals surface area contributed by atoms with Gasteiger partial charge in [-0.05, 0) is 43.9 Å². The fourth-order valence-corrected chi connectivity index (χ4v) is 4.06. The lowest BCUT2D eigenvalue weighted by Crippen LogP contribution is -2.38. The van der Waals surface area contributed by atoms with E-state index in [2.05, 4.69) is 63.3 Å². The normalized spacial score (nSPS) is 15.2. The van der Waals surface area contributed by atoms with E-state index < -0.39 is 0 Å². The molecule has 0 atom stereocenters. The first-order chi connectivity index (χ1) is 12.7. The number of rotatable bonds is 5. The van der Waals surface area contributed by atoms with Crippen LogP contribution in [0.2, 0.25) is 0 Å². The highest BCUT2D eigenvalue weighted by Crippen LogP contribution is 2.20. The smallest absolute Gasteiger partial charge is 0.194 e. The van der Waals surface area contributed by atoms with Gasteiger partial charge in [0.05, 0.1) is 6.54 Å². The van der Waals surface area contributed by atoms with E-state index >= 15 is 0 Å². The molecular formula is C20H29N5S. The highest BCUT2D eigenvalue weighted by molar-refractivity contribution is 7.11. The molecular weight excluding hydrogens is 342 g/mol. The second kappa shape index (κ2) is 9.03. The molecule has 0 amide bonds. The fourth-order valence-electron chi connectivity index (χ4n) is 3.34. The maximum absolute atomic E-state index is 4.40. The van der Waals surface area contributed by atoms with Crippen LogP contribution in [0.3, 0.4) is 0 Å². The van der Waals surface area contributed by atoms with Crippen LogP contribution in [-0.4, -0.2) is 43.0 Å². The van der Waals surface area contributed by atoms with Crippen molar-refractivity contribution >= 4 is 23.0 Å². The number of aryl methyl sites for hydroxylation is 1. The van der Waals surface area contributed by atoms with Crippen LogP contribution in [0.15, 0.2) is 35.5 Å². The van der Waals surface area contributed by atoms with Gasteiger partial charge in [0.2, 0.25) is 0 Å². The zero-order valence-electron chi connectivity index (χ0n) is 16.0. The van der Waals surface area contributed by atoms with Crippen molar-refractivity contribution in [2.24, 2.45) is 4.99 Å². The molecule has 0 bridgehead atoms. The Morgan fingerprint density at radius 2 is 1.96 bits per heavy atom. The zero-order valence-corrected chi connectivity index (χ0v) is 16.9. The van der Waals surface area contributed by atoms with Gasteiger partial charge in [0.25, 0.3) is 0 Å². The monoisotopic (exact) mass is 371 g/mol. The van der Waals surface area contributed by atoms with E-state index in [1.165, 1.54) is 48.5 Å². The number of piperidine rings is 1. The van der Waals surface area contributed by atoms with E-state index in [0.29, 0.717) is 6.54 Å². The van der Waals surface area contributed by atoms with Gasteiger partial charge in [0.1, 0.15) is 5.01 Å². The second-order valence-corrected chi connectivity index (χ2v) is 8.15. The molecule has 1 aromatic heterocycles. The maximum Gasteiger partial charge on any atom is 0.194 e. The molecule has 26 heavy (non-hydrogen) atoms. The number of nitrogens with zero attached hydrogens (tertiary/aromatic N) is 4. The van der Waals surface area contributed by atoms with Gasteiger partial charge < -0.3 is 15.1 Å². The van der Waals surface area contributed by atoms with Crippen LogP contribution in [0, 0.1) is 6.92 Å². The van der Waals surface area contributed by atoms with Gasteiger partial charge in [-0.2, -0.15) is 0 Å². The molecule has 1 aliphatic heterocycles. The van der Waals surface area contributed by atoms with Gasteiger partial charge in [-0.25, -0.2) is 4.98 Å². The summed E-state index contributed by atoms with van der Waals surface area (Å²) in [4.78, 5) is 14.7. The third-order valence-corrected chi connectivity index (χ3v) is 5.63. The molecule has 1 aromatic carbocycles. The van der Waals surface area contributed by atoms with Gasteiger partial charge in [-0.3, -0.25) is 4.99 Å². The lowest BCUT2D eigenvalue weighted by Gasteiger charge is -2.29. The standard InChI is InChI=1S/C20H29N5S/c1-16-13-22-19(26-16)14-23-20(21-2)24(3)15-17-7-9-18(10-8-17)25-11-5-4-6-12-25/h7-10,13H,4-6,11-12,14-15H2,1-3H3,(H,21,23). The molecule has 0 unspecified atom stereocenters. The minimum atomic E-state index is 0.712. The first-order valence-electron chi connectivity index (χ1n) is 9.32. The summed E-state index contributed by atoms with van der Waals surface area (Å²) in [6.45, 7) is 5.99. The Kier molecular flexibility index (Phi) is 6.50. The van der Waals surface area contributed by atoms with Crippen LogP contribution >= 0.6 is 11.3 Å².